The molecule has 2 aromatic heterocycles. The van der Waals surface area contributed by atoms with Gasteiger partial charge in [0.25, 0.3) is 5.56 Å². The van der Waals surface area contributed by atoms with Gasteiger partial charge in [0, 0.05) is 11.6 Å². The Morgan fingerprint density at radius 2 is 1.88 bits per heavy atom. The van der Waals surface area contributed by atoms with Crippen LogP contribution in [-0.4, -0.2) is 26.6 Å². The molecule has 0 fully saturated rings. The molecule has 3 aromatic rings. The number of fused-ring (bicyclic) bond motifs is 1. The van der Waals surface area contributed by atoms with Crippen molar-refractivity contribution < 1.29 is 4.79 Å². The maximum absolute atomic E-state index is 12.6. The minimum Gasteiger partial charge on any atom is -0.349 e. The SMILES string of the molecule is O=C(CCl)NCc1nn(Cc2ccccn2)c(=O)c2ccccc12. The van der Waals surface area contributed by atoms with Crippen molar-refractivity contribution in [2.24, 2.45) is 0 Å². The van der Waals surface area contributed by atoms with Gasteiger partial charge >= 0.3 is 0 Å². The number of hydrogen-bond acceptors (Lipinski definition) is 4. The molecule has 1 amide bonds. The Morgan fingerprint density at radius 3 is 2.58 bits per heavy atom. The molecule has 6 nitrogen and oxygen atoms in total. The quantitative estimate of drug-likeness (QED) is 0.716. The van der Waals surface area contributed by atoms with Crippen molar-refractivity contribution in [3.63, 3.8) is 0 Å². The largest absolute Gasteiger partial charge is 0.349 e. The lowest BCUT2D eigenvalue weighted by molar-refractivity contribution is -0.118. The molecule has 2 heterocycles. The van der Waals surface area contributed by atoms with Gasteiger partial charge in [-0.3, -0.25) is 14.6 Å². The number of nitrogens with zero attached hydrogens (tertiary/aromatic N) is 3. The molecule has 24 heavy (non-hydrogen) atoms. The van der Waals surface area contributed by atoms with Crippen molar-refractivity contribution in [1.82, 2.24) is 20.1 Å². The highest BCUT2D eigenvalue weighted by Crippen LogP contribution is 2.13. The number of carbonyl (C=O) groups is 1. The van der Waals surface area contributed by atoms with Crippen LogP contribution in [0, 0.1) is 0 Å². The van der Waals surface area contributed by atoms with Gasteiger partial charge < -0.3 is 5.32 Å². The molecule has 0 unspecified atom stereocenters. The summed E-state index contributed by atoms with van der Waals surface area (Å²) in [5.74, 6) is -0.407. The van der Waals surface area contributed by atoms with E-state index in [-0.39, 0.29) is 30.4 Å². The molecule has 0 radical (unpaired) electrons. The first-order chi connectivity index (χ1) is 11.7. The lowest BCUT2D eigenvalue weighted by Crippen LogP contribution is -2.29. The highest BCUT2D eigenvalue weighted by atomic mass is 35.5. The van der Waals surface area contributed by atoms with E-state index >= 15 is 0 Å². The average molecular weight is 343 g/mol. The van der Waals surface area contributed by atoms with Crippen molar-refractivity contribution in [2.75, 3.05) is 5.88 Å². The molecule has 7 heteroatoms. The van der Waals surface area contributed by atoms with E-state index in [9.17, 15) is 9.59 Å². The first-order valence-electron chi connectivity index (χ1n) is 7.40. The van der Waals surface area contributed by atoms with Crippen LogP contribution < -0.4 is 10.9 Å². The molecular weight excluding hydrogens is 328 g/mol. The lowest BCUT2D eigenvalue weighted by atomic mass is 10.1. The minimum absolute atomic E-state index is 0.120. The zero-order chi connectivity index (χ0) is 16.9. The summed E-state index contributed by atoms with van der Waals surface area (Å²) >= 11 is 5.50. The molecule has 0 aliphatic carbocycles. The summed E-state index contributed by atoms with van der Waals surface area (Å²) in [5.41, 5.74) is 1.15. The van der Waals surface area contributed by atoms with Gasteiger partial charge in [0.2, 0.25) is 5.91 Å². The van der Waals surface area contributed by atoms with E-state index in [4.69, 9.17) is 11.6 Å². The van der Waals surface area contributed by atoms with E-state index in [1.54, 1.807) is 18.3 Å². The van der Waals surface area contributed by atoms with Gasteiger partial charge in [-0.2, -0.15) is 5.10 Å². The van der Waals surface area contributed by atoms with Crippen LogP contribution in [-0.2, 0) is 17.9 Å². The Balaban J connectivity index is 2.04. The summed E-state index contributed by atoms with van der Waals surface area (Å²) in [4.78, 5) is 28.3. The van der Waals surface area contributed by atoms with Crippen LogP contribution in [0.2, 0.25) is 0 Å². The number of rotatable bonds is 5. The van der Waals surface area contributed by atoms with Crippen molar-refractivity contribution in [2.45, 2.75) is 13.1 Å². The smallest absolute Gasteiger partial charge is 0.275 e. The molecule has 1 N–H and O–H groups in total. The fraction of sp³-hybridized carbons (Fsp3) is 0.176. The zero-order valence-corrected chi connectivity index (χ0v) is 13.5. The topological polar surface area (TPSA) is 76.9 Å². The summed E-state index contributed by atoms with van der Waals surface area (Å²) in [5, 5.41) is 8.37. The van der Waals surface area contributed by atoms with E-state index < -0.39 is 0 Å². The fourth-order valence-electron chi connectivity index (χ4n) is 2.42. The number of pyridine rings is 1. The van der Waals surface area contributed by atoms with E-state index in [0.29, 0.717) is 11.1 Å². The van der Waals surface area contributed by atoms with Gasteiger partial charge in [-0.25, -0.2) is 4.68 Å². The fourth-order valence-corrected chi connectivity index (χ4v) is 2.51. The third-order valence-electron chi connectivity index (χ3n) is 3.56. The molecule has 0 aliphatic rings. The van der Waals surface area contributed by atoms with Crippen LogP contribution >= 0.6 is 11.6 Å². The van der Waals surface area contributed by atoms with Crippen LogP contribution in [0.1, 0.15) is 11.4 Å². The Hall–Kier alpha value is -2.73. The van der Waals surface area contributed by atoms with Crippen molar-refractivity contribution in [3.8, 4) is 0 Å². The average Bonchev–Trinajstić information content (AvgIpc) is 2.63. The second kappa shape index (κ2) is 7.23. The Morgan fingerprint density at radius 1 is 1.12 bits per heavy atom. The number of benzene rings is 1. The molecule has 0 saturated heterocycles. The number of amides is 1. The monoisotopic (exact) mass is 342 g/mol. The lowest BCUT2D eigenvalue weighted by Gasteiger charge is -2.11. The van der Waals surface area contributed by atoms with Crippen LogP contribution in [0.4, 0.5) is 0 Å². The van der Waals surface area contributed by atoms with E-state index in [1.165, 1.54) is 4.68 Å². The van der Waals surface area contributed by atoms with Gasteiger partial charge in [-0.1, -0.05) is 24.3 Å². The zero-order valence-electron chi connectivity index (χ0n) is 12.8. The van der Waals surface area contributed by atoms with E-state index in [0.717, 1.165) is 11.1 Å². The highest BCUT2D eigenvalue weighted by Gasteiger charge is 2.11. The Kier molecular flexibility index (Phi) is 4.86. The molecule has 1 aromatic carbocycles. The number of hydrogen-bond donors (Lipinski definition) is 1. The first kappa shape index (κ1) is 16.1. The Bertz CT molecular complexity index is 925. The summed E-state index contributed by atoms with van der Waals surface area (Å²) in [7, 11) is 0. The highest BCUT2D eigenvalue weighted by molar-refractivity contribution is 6.27. The second-order valence-corrected chi connectivity index (χ2v) is 5.45. The van der Waals surface area contributed by atoms with Gasteiger partial charge in [-0.05, 0) is 18.2 Å². The molecule has 0 atom stereocenters. The van der Waals surface area contributed by atoms with Gasteiger partial charge in [-0.15, -0.1) is 11.6 Å². The van der Waals surface area contributed by atoms with Crippen molar-refractivity contribution in [3.05, 3.63) is 70.4 Å². The number of alkyl halides is 1. The standard InChI is InChI=1S/C17H15ClN4O2/c18-9-16(23)20-10-15-13-6-1-2-7-14(13)17(24)22(21-15)11-12-5-3-4-8-19-12/h1-8H,9-11H2,(H,20,23). The minimum atomic E-state index is -0.287. The normalized spacial score (nSPS) is 10.7. The second-order valence-electron chi connectivity index (χ2n) is 5.19. The number of halogens is 1. The van der Waals surface area contributed by atoms with Crippen LogP contribution in [0.25, 0.3) is 10.8 Å². The van der Waals surface area contributed by atoms with Gasteiger partial charge in [0.15, 0.2) is 0 Å². The van der Waals surface area contributed by atoms with Crippen molar-refractivity contribution in [1.29, 1.82) is 0 Å². The number of carbonyl (C=O) groups excluding carboxylic acids is 1. The molecule has 0 aliphatic heterocycles. The number of aromatic nitrogens is 3. The summed E-state index contributed by atoms with van der Waals surface area (Å²) < 4.78 is 1.37. The van der Waals surface area contributed by atoms with Gasteiger partial charge in [0.1, 0.15) is 5.88 Å². The van der Waals surface area contributed by atoms with Crippen LogP contribution in [0.15, 0.2) is 53.5 Å². The first-order valence-corrected chi connectivity index (χ1v) is 7.94. The molecule has 0 bridgehead atoms. The van der Waals surface area contributed by atoms with E-state index in [2.05, 4.69) is 15.4 Å². The third-order valence-corrected chi connectivity index (χ3v) is 3.80. The molecule has 122 valence electrons. The summed E-state index contributed by atoms with van der Waals surface area (Å²) in [6.45, 7) is 0.468. The third kappa shape index (κ3) is 3.44. The predicted molar refractivity (Wildman–Crippen MR) is 91.9 cm³/mol. The molecular formula is C17H15ClN4O2. The van der Waals surface area contributed by atoms with Crippen molar-refractivity contribution >= 4 is 28.3 Å². The van der Waals surface area contributed by atoms with Crippen LogP contribution in [0.5, 0.6) is 0 Å². The molecule has 3 rings (SSSR count). The maximum Gasteiger partial charge on any atom is 0.275 e. The summed E-state index contributed by atoms with van der Waals surface area (Å²) in [6, 6.07) is 12.7. The Labute approximate surface area is 143 Å². The van der Waals surface area contributed by atoms with Crippen LogP contribution in [0.3, 0.4) is 0 Å². The van der Waals surface area contributed by atoms with Gasteiger partial charge in [0.05, 0.1) is 29.9 Å². The predicted octanol–water partition coefficient (Wildman–Crippen LogP) is 1.69. The molecule has 0 spiro atoms. The molecule has 0 saturated carbocycles. The maximum atomic E-state index is 12.6. The number of nitrogens with one attached hydrogen (secondary N) is 1. The van der Waals surface area contributed by atoms with E-state index in [1.807, 2.05) is 30.3 Å². The summed E-state index contributed by atoms with van der Waals surface area (Å²) in [6.07, 6.45) is 1.67.